The van der Waals surface area contributed by atoms with E-state index in [0.717, 1.165) is 17.8 Å². The van der Waals surface area contributed by atoms with Crippen LogP contribution in [-0.2, 0) is 6.54 Å². The van der Waals surface area contributed by atoms with Crippen molar-refractivity contribution in [1.82, 2.24) is 0 Å². The summed E-state index contributed by atoms with van der Waals surface area (Å²) in [6, 6.07) is 9.40. The molecule has 0 bridgehead atoms. The van der Waals surface area contributed by atoms with Gasteiger partial charge in [-0.15, -0.1) is 0 Å². The highest BCUT2D eigenvalue weighted by Crippen LogP contribution is 2.16. The van der Waals surface area contributed by atoms with E-state index >= 15 is 0 Å². The van der Waals surface area contributed by atoms with Crippen molar-refractivity contribution in [2.45, 2.75) is 20.4 Å². The van der Waals surface area contributed by atoms with Crippen LogP contribution in [0.2, 0.25) is 0 Å². The number of benzene rings is 2. The van der Waals surface area contributed by atoms with E-state index < -0.39 is 11.6 Å². The summed E-state index contributed by atoms with van der Waals surface area (Å²) in [7, 11) is 0. The van der Waals surface area contributed by atoms with Gasteiger partial charge in [-0.2, -0.15) is 0 Å². The van der Waals surface area contributed by atoms with Crippen LogP contribution in [0.15, 0.2) is 36.4 Å². The standard InChI is InChI=1S/C15H15F2N/c1-10-3-5-14(7-11(10)2)18-9-12-8-13(16)4-6-15(12)17/h3-8,18H,9H2,1-2H3. The lowest BCUT2D eigenvalue weighted by Crippen LogP contribution is -2.02. The fraction of sp³-hybridized carbons (Fsp3) is 0.200. The number of anilines is 1. The molecule has 0 radical (unpaired) electrons. The minimum absolute atomic E-state index is 0.270. The second kappa shape index (κ2) is 5.17. The number of hydrogen-bond donors (Lipinski definition) is 1. The molecule has 94 valence electrons. The fourth-order valence-corrected chi connectivity index (χ4v) is 1.73. The Morgan fingerprint density at radius 2 is 1.72 bits per heavy atom. The van der Waals surface area contributed by atoms with E-state index in [4.69, 9.17) is 0 Å². The maximum atomic E-state index is 13.4. The predicted octanol–water partition coefficient (Wildman–Crippen LogP) is 4.19. The molecule has 2 aromatic carbocycles. The molecule has 0 saturated carbocycles. The van der Waals surface area contributed by atoms with Gasteiger partial charge in [0.15, 0.2) is 0 Å². The van der Waals surface area contributed by atoms with Gasteiger partial charge in [-0.3, -0.25) is 0 Å². The van der Waals surface area contributed by atoms with E-state index in [0.29, 0.717) is 5.56 Å². The van der Waals surface area contributed by atoms with Crippen LogP contribution in [0.4, 0.5) is 14.5 Å². The summed E-state index contributed by atoms with van der Waals surface area (Å²) in [4.78, 5) is 0. The molecular formula is C15H15F2N. The molecule has 2 aromatic rings. The van der Waals surface area contributed by atoms with Crippen LogP contribution in [0.25, 0.3) is 0 Å². The summed E-state index contributed by atoms with van der Waals surface area (Å²) >= 11 is 0. The fourth-order valence-electron chi connectivity index (χ4n) is 1.73. The van der Waals surface area contributed by atoms with Gasteiger partial charge in [0.05, 0.1) is 0 Å². The van der Waals surface area contributed by atoms with E-state index in [2.05, 4.69) is 5.32 Å². The average molecular weight is 247 g/mol. The van der Waals surface area contributed by atoms with Gasteiger partial charge < -0.3 is 5.32 Å². The van der Waals surface area contributed by atoms with E-state index in [1.54, 1.807) is 0 Å². The van der Waals surface area contributed by atoms with Gasteiger partial charge in [0, 0.05) is 17.8 Å². The number of aryl methyl sites for hydroxylation is 2. The Morgan fingerprint density at radius 3 is 2.44 bits per heavy atom. The van der Waals surface area contributed by atoms with Gasteiger partial charge in [-0.1, -0.05) is 6.07 Å². The van der Waals surface area contributed by atoms with Crippen LogP contribution in [0.3, 0.4) is 0 Å². The van der Waals surface area contributed by atoms with Crippen LogP contribution in [0.1, 0.15) is 16.7 Å². The third-order valence-electron chi connectivity index (χ3n) is 3.00. The zero-order chi connectivity index (χ0) is 13.1. The predicted molar refractivity (Wildman–Crippen MR) is 69.6 cm³/mol. The topological polar surface area (TPSA) is 12.0 Å². The van der Waals surface area contributed by atoms with Gasteiger partial charge in [0.1, 0.15) is 11.6 Å². The van der Waals surface area contributed by atoms with Crippen molar-refractivity contribution < 1.29 is 8.78 Å². The van der Waals surface area contributed by atoms with Crippen molar-refractivity contribution in [3.63, 3.8) is 0 Å². The molecule has 0 aliphatic carbocycles. The second-order valence-electron chi connectivity index (χ2n) is 4.39. The molecular weight excluding hydrogens is 232 g/mol. The quantitative estimate of drug-likeness (QED) is 0.857. The number of rotatable bonds is 3. The van der Waals surface area contributed by atoms with Crippen LogP contribution in [0, 0.1) is 25.5 Å². The lowest BCUT2D eigenvalue weighted by Gasteiger charge is -2.09. The molecule has 0 atom stereocenters. The highest BCUT2D eigenvalue weighted by molar-refractivity contribution is 5.48. The van der Waals surface area contributed by atoms with E-state index in [9.17, 15) is 8.78 Å². The van der Waals surface area contributed by atoms with Crippen molar-refractivity contribution in [1.29, 1.82) is 0 Å². The van der Waals surface area contributed by atoms with Gasteiger partial charge >= 0.3 is 0 Å². The molecule has 0 saturated heterocycles. The van der Waals surface area contributed by atoms with Gasteiger partial charge in [0.2, 0.25) is 0 Å². The largest absolute Gasteiger partial charge is 0.381 e. The molecule has 3 heteroatoms. The Kier molecular flexibility index (Phi) is 3.60. The third-order valence-corrected chi connectivity index (χ3v) is 3.00. The smallest absolute Gasteiger partial charge is 0.128 e. The van der Waals surface area contributed by atoms with E-state index in [1.165, 1.54) is 17.2 Å². The lowest BCUT2D eigenvalue weighted by atomic mass is 10.1. The minimum atomic E-state index is -0.423. The molecule has 0 fully saturated rings. The monoisotopic (exact) mass is 247 g/mol. The maximum absolute atomic E-state index is 13.4. The summed E-state index contributed by atoms with van der Waals surface area (Å²) in [6.45, 7) is 4.32. The average Bonchev–Trinajstić information content (AvgIpc) is 2.34. The zero-order valence-electron chi connectivity index (χ0n) is 10.4. The van der Waals surface area contributed by atoms with Crippen molar-refractivity contribution in [2.75, 3.05) is 5.32 Å². The Labute approximate surface area is 105 Å². The van der Waals surface area contributed by atoms with Crippen LogP contribution in [-0.4, -0.2) is 0 Å². The van der Waals surface area contributed by atoms with Crippen LogP contribution >= 0.6 is 0 Å². The molecule has 1 nitrogen and oxygen atoms in total. The summed E-state index contributed by atoms with van der Waals surface area (Å²) in [5.74, 6) is -0.818. The van der Waals surface area contributed by atoms with Crippen LogP contribution < -0.4 is 5.32 Å². The minimum Gasteiger partial charge on any atom is -0.381 e. The molecule has 0 aromatic heterocycles. The summed E-state index contributed by atoms with van der Waals surface area (Å²) < 4.78 is 26.4. The molecule has 0 heterocycles. The third kappa shape index (κ3) is 2.86. The molecule has 2 rings (SSSR count). The summed E-state index contributed by atoms with van der Waals surface area (Å²) in [6.07, 6.45) is 0. The first kappa shape index (κ1) is 12.6. The Hall–Kier alpha value is -1.90. The SMILES string of the molecule is Cc1ccc(NCc2cc(F)ccc2F)cc1C. The second-order valence-corrected chi connectivity index (χ2v) is 4.39. The number of nitrogens with one attached hydrogen (secondary N) is 1. The number of halogens is 2. The highest BCUT2D eigenvalue weighted by atomic mass is 19.1. The molecule has 0 aliphatic rings. The van der Waals surface area contributed by atoms with Crippen LogP contribution in [0.5, 0.6) is 0 Å². The van der Waals surface area contributed by atoms with Gasteiger partial charge in [-0.05, 0) is 55.3 Å². The Balaban J connectivity index is 2.11. The first-order valence-electron chi connectivity index (χ1n) is 5.81. The lowest BCUT2D eigenvalue weighted by molar-refractivity contribution is 0.587. The molecule has 18 heavy (non-hydrogen) atoms. The molecule has 0 amide bonds. The van der Waals surface area contributed by atoms with Crippen molar-refractivity contribution in [3.05, 3.63) is 64.7 Å². The summed E-state index contributed by atoms with van der Waals surface area (Å²) in [5.41, 5.74) is 3.60. The van der Waals surface area contributed by atoms with Gasteiger partial charge in [0.25, 0.3) is 0 Å². The maximum Gasteiger partial charge on any atom is 0.128 e. The Bertz CT molecular complexity index is 564. The molecule has 0 unspecified atom stereocenters. The highest BCUT2D eigenvalue weighted by Gasteiger charge is 2.04. The van der Waals surface area contributed by atoms with Crippen molar-refractivity contribution >= 4 is 5.69 Å². The van der Waals surface area contributed by atoms with Crippen molar-refractivity contribution in [3.8, 4) is 0 Å². The van der Waals surface area contributed by atoms with Crippen molar-refractivity contribution in [2.24, 2.45) is 0 Å². The van der Waals surface area contributed by atoms with Gasteiger partial charge in [-0.25, -0.2) is 8.78 Å². The zero-order valence-corrected chi connectivity index (χ0v) is 10.4. The molecule has 1 N–H and O–H groups in total. The number of hydrogen-bond acceptors (Lipinski definition) is 1. The Morgan fingerprint density at radius 1 is 0.944 bits per heavy atom. The molecule has 0 aliphatic heterocycles. The molecule has 0 spiro atoms. The summed E-state index contributed by atoms with van der Waals surface area (Å²) in [5, 5.41) is 3.09. The van der Waals surface area contributed by atoms with E-state index in [-0.39, 0.29) is 6.54 Å². The first-order chi connectivity index (χ1) is 8.56. The first-order valence-corrected chi connectivity index (χ1v) is 5.81. The normalized spacial score (nSPS) is 10.4. The van der Waals surface area contributed by atoms with E-state index in [1.807, 2.05) is 32.0 Å².